The van der Waals surface area contributed by atoms with Gasteiger partial charge in [0.1, 0.15) is 0 Å². The molecule has 0 heterocycles. The summed E-state index contributed by atoms with van der Waals surface area (Å²) in [5.74, 6) is 0. The summed E-state index contributed by atoms with van der Waals surface area (Å²) in [5, 5.41) is 0. The first kappa shape index (κ1) is 9.79. The Labute approximate surface area is 61.3 Å². The maximum absolute atomic E-state index is 4.81. The molecule has 37 valence electrons. The molecule has 0 aromatic carbocycles. The smallest absolute Gasteiger partial charge is 0.0874 e. The Morgan fingerprint density at radius 1 is 1.00 bits per heavy atom. The van der Waals surface area contributed by atoms with Crippen LogP contribution in [0.3, 0.4) is 0 Å². The topological polar surface area (TPSA) is 0 Å². The van der Waals surface area contributed by atoms with Crippen LogP contribution in [0.2, 0.25) is 0 Å². The van der Waals surface area contributed by atoms with E-state index in [4.69, 9.17) is 34.8 Å². The van der Waals surface area contributed by atoms with Crippen LogP contribution in [-0.2, 0) is 22.4 Å². The number of hydrogen-bond acceptors (Lipinski definition) is 0. The van der Waals surface area contributed by atoms with Gasteiger partial charge < -0.3 is 0 Å². The Bertz CT molecular complexity index is 11.6. The molecule has 0 bridgehead atoms. The second kappa shape index (κ2) is 5.61. The maximum Gasteiger partial charge on any atom is 0.180 e. The van der Waals surface area contributed by atoms with E-state index in [2.05, 4.69) is 0 Å². The van der Waals surface area contributed by atoms with Gasteiger partial charge in [-0.3, -0.25) is 0 Å². The van der Waals surface area contributed by atoms with Gasteiger partial charge in [-0.2, -0.15) is 0 Å². The molecule has 0 saturated carbocycles. The van der Waals surface area contributed by atoms with E-state index in [1.54, 1.807) is 0 Å². The van der Waals surface area contributed by atoms with Gasteiger partial charge in [0.25, 0.3) is 0 Å². The van der Waals surface area contributed by atoms with Crippen molar-refractivity contribution in [1.29, 1.82) is 0 Å². The first-order chi connectivity index (χ1) is 1.73. The molecule has 0 nitrogen and oxygen atoms in total. The Kier molecular flexibility index (Phi) is 11.0. The maximum atomic E-state index is 4.81. The van der Waals surface area contributed by atoms with Crippen LogP contribution in [-0.4, -0.2) is 4.30 Å². The third kappa shape index (κ3) is 28.2. The molecule has 4 heteroatoms. The number of halogens is 3. The van der Waals surface area contributed by atoms with E-state index in [1.165, 1.54) is 0 Å². The van der Waals surface area contributed by atoms with Gasteiger partial charge in [-0.1, -0.05) is 34.8 Å². The van der Waals surface area contributed by atoms with Crippen molar-refractivity contribution < 1.29 is 22.4 Å². The van der Waals surface area contributed by atoms with E-state index < -0.39 is 4.30 Å². The van der Waals surface area contributed by atoms with Gasteiger partial charge in [-0.25, -0.2) is 0 Å². The minimum atomic E-state index is -0.750. The van der Waals surface area contributed by atoms with E-state index in [0.29, 0.717) is 0 Å². The number of hydrogen-bond donors (Lipinski definition) is 0. The van der Waals surface area contributed by atoms with Crippen LogP contribution in [0.4, 0.5) is 0 Å². The molecule has 0 saturated heterocycles. The summed E-state index contributed by atoms with van der Waals surface area (Å²) in [6.07, 6.45) is 0. The van der Waals surface area contributed by atoms with Gasteiger partial charge >= 0.3 is 0 Å². The third-order valence-electron chi connectivity index (χ3n) is 0. The first-order valence-electron chi connectivity index (χ1n) is 0.655. The standard InChI is InChI=1S/CHCl3.Au/c2-1(3)4;/h1H;. The average molecular weight is 316 g/mol. The zero-order chi connectivity index (χ0) is 3.58. The molecular formula is CHAuCl3. The van der Waals surface area contributed by atoms with Crippen LogP contribution in [0, 0.1) is 0 Å². The van der Waals surface area contributed by atoms with Crippen molar-refractivity contribution in [2.45, 2.75) is 4.30 Å². The molecule has 0 N–H and O–H groups in total. The van der Waals surface area contributed by atoms with E-state index in [9.17, 15) is 0 Å². The van der Waals surface area contributed by atoms with E-state index in [1.807, 2.05) is 0 Å². The fourth-order valence-electron chi connectivity index (χ4n) is 0. The Hall–Kier alpha value is 1.61. The van der Waals surface area contributed by atoms with Crippen LogP contribution in [0.15, 0.2) is 0 Å². The van der Waals surface area contributed by atoms with Crippen LogP contribution in [0.1, 0.15) is 0 Å². The van der Waals surface area contributed by atoms with E-state index >= 15 is 0 Å². The normalized spacial score (nSPS) is 7.20. The van der Waals surface area contributed by atoms with Crippen molar-refractivity contribution in [2.75, 3.05) is 0 Å². The molecule has 0 amide bonds. The second-order valence-corrected chi connectivity index (χ2v) is 2.23. The summed E-state index contributed by atoms with van der Waals surface area (Å²) in [5.41, 5.74) is 0. The molecule has 0 aliphatic rings. The quantitative estimate of drug-likeness (QED) is 0.474. The molecule has 0 aliphatic heterocycles. The summed E-state index contributed by atoms with van der Waals surface area (Å²) < 4.78 is -0.750. The van der Waals surface area contributed by atoms with E-state index in [-0.39, 0.29) is 22.4 Å². The van der Waals surface area contributed by atoms with Gasteiger partial charge in [0.15, 0.2) is 4.30 Å². The summed E-state index contributed by atoms with van der Waals surface area (Å²) in [4.78, 5) is 0. The zero-order valence-electron chi connectivity index (χ0n) is 2.01. The van der Waals surface area contributed by atoms with Crippen LogP contribution >= 0.6 is 34.8 Å². The Morgan fingerprint density at radius 3 is 1.00 bits per heavy atom. The molecule has 0 aromatic heterocycles. The molecule has 0 aromatic rings. The van der Waals surface area contributed by atoms with Crippen molar-refractivity contribution in [1.82, 2.24) is 0 Å². The molecule has 0 spiro atoms. The first-order valence-corrected chi connectivity index (χ1v) is 1.96. The third-order valence-corrected chi connectivity index (χ3v) is 0. The fourth-order valence-corrected chi connectivity index (χ4v) is 0. The minimum absolute atomic E-state index is 0. The van der Waals surface area contributed by atoms with Gasteiger partial charge in [0, 0.05) is 22.4 Å². The summed E-state index contributed by atoms with van der Waals surface area (Å²) in [6.45, 7) is 0. The predicted octanol–water partition coefficient (Wildman–Crippen LogP) is 1.98. The number of rotatable bonds is 0. The van der Waals surface area contributed by atoms with Gasteiger partial charge in [-0.05, 0) is 0 Å². The largest absolute Gasteiger partial charge is 0.180 e. The molecule has 5 heavy (non-hydrogen) atoms. The molecule has 0 unspecified atom stereocenters. The number of alkyl halides is 3. The van der Waals surface area contributed by atoms with E-state index in [0.717, 1.165) is 0 Å². The SMILES string of the molecule is ClC(Cl)Cl.[Au]. The summed E-state index contributed by atoms with van der Waals surface area (Å²) >= 11 is 14.4. The van der Waals surface area contributed by atoms with Gasteiger partial charge in [0.2, 0.25) is 0 Å². The fraction of sp³-hybridized carbons (Fsp3) is 1.00. The monoisotopic (exact) mass is 315 g/mol. The van der Waals surface area contributed by atoms with Crippen molar-refractivity contribution >= 4 is 34.8 Å². The average Bonchev–Trinajstić information content (AvgIpc) is 0.811. The second-order valence-electron chi connectivity index (χ2n) is 0.247. The molecule has 0 rings (SSSR count). The predicted molar refractivity (Wildman–Crippen MR) is 21.3 cm³/mol. The van der Waals surface area contributed by atoms with Crippen molar-refractivity contribution in [3.8, 4) is 0 Å². The molecular weight excluding hydrogens is 315 g/mol. The van der Waals surface area contributed by atoms with Gasteiger partial charge in [-0.15, -0.1) is 0 Å². The molecule has 0 atom stereocenters. The van der Waals surface area contributed by atoms with Crippen molar-refractivity contribution in [3.63, 3.8) is 0 Å². The Morgan fingerprint density at radius 2 is 1.00 bits per heavy atom. The van der Waals surface area contributed by atoms with Gasteiger partial charge in [0.05, 0.1) is 0 Å². The summed E-state index contributed by atoms with van der Waals surface area (Å²) in [7, 11) is 0. The Balaban J connectivity index is 0. The molecule has 0 aliphatic carbocycles. The zero-order valence-corrected chi connectivity index (χ0v) is 6.45. The van der Waals surface area contributed by atoms with Crippen molar-refractivity contribution in [3.05, 3.63) is 0 Å². The molecule has 0 fully saturated rings. The summed E-state index contributed by atoms with van der Waals surface area (Å²) in [6, 6.07) is 0. The van der Waals surface area contributed by atoms with Crippen molar-refractivity contribution in [2.24, 2.45) is 0 Å². The van der Waals surface area contributed by atoms with Crippen LogP contribution in [0.5, 0.6) is 0 Å². The molecule has 1 radical (unpaired) electrons. The van der Waals surface area contributed by atoms with Crippen LogP contribution in [0.25, 0.3) is 0 Å². The minimum Gasteiger partial charge on any atom is -0.0874 e. The van der Waals surface area contributed by atoms with Crippen LogP contribution < -0.4 is 0 Å².